The smallest absolute Gasteiger partial charge is 0.253 e. The van der Waals surface area contributed by atoms with Gasteiger partial charge in [0.2, 0.25) is 0 Å². The summed E-state index contributed by atoms with van der Waals surface area (Å²) in [5, 5.41) is 0. The normalized spacial score (nSPS) is 23.2. The molecular weight excluding hydrogens is 236 g/mol. The quantitative estimate of drug-likeness (QED) is 0.888. The minimum atomic E-state index is 0.0884. The van der Waals surface area contributed by atoms with E-state index in [-0.39, 0.29) is 18.0 Å². The SMILES string of the molecule is Cc1ccc(C(=O)N(C)C2CCCCC2N)cc1C. The van der Waals surface area contributed by atoms with Crippen LogP contribution in [0.3, 0.4) is 0 Å². The Morgan fingerprint density at radius 2 is 1.89 bits per heavy atom. The van der Waals surface area contributed by atoms with Crippen molar-refractivity contribution in [3.8, 4) is 0 Å². The highest BCUT2D eigenvalue weighted by atomic mass is 16.2. The van der Waals surface area contributed by atoms with E-state index >= 15 is 0 Å². The van der Waals surface area contributed by atoms with E-state index in [0.29, 0.717) is 0 Å². The Morgan fingerprint density at radius 1 is 1.21 bits per heavy atom. The number of carbonyl (C=O) groups is 1. The van der Waals surface area contributed by atoms with Gasteiger partial charge in [-0.15, -0.1) is 0 Å². The first kappa shape index (κ1) is 14.1. The number of nitrogens with two attached hydrogens (primary N) is 1. The molecule has 2 atom stereocenters. The van der Waals surface area contributed by atoms with Crippen LogP contribution in [0.25, 0.3) is 0 Å². The Kier molecular flexibility index (Phi) is 4.25. The van der Waals surface area contributed by atoms with E-state index in [2.05, 4.69) is 6.92 Å². The van der Waals surface area contributed by atoms with Crippen molar-refractivity contribution in [3.05, 3.63) is 34.9 Å². The number of hydrogen-bond acceptors (Lipinski definition) is 2. The van der Waals surface area contributed by atoms with Crippen molar-refractivity contribution < 1.29 is 4.79 Å². The molecular formula is C16H24N2O. The second-order valence-electron chi connectivity index (χ2n) is 5.73. The fourth-order valence-electron chi connectivity index (χ4n) is 2.85. The maximum absolute atomic E-state index is 12.5. The van der Waals surface area contributed by atoms with E-state index in [4.69, 9.17) is 5.73 Å². The molecule has 0 aromatic heterocycles. The van der Waals surface area contributed by atoms with Gasteiger partial charge in [0.15, 0.2) is 0 Å². The number of carbonyl (C=O) groups excluding carboxylic acids is 1. The zero-order chi connectivity index (χ0) is 14.0. The molecule has 3 heteroatoms. The average molecular weight is 260 g/mol. The molecule has 1 aromatic carbocycles. The zero-order valence-electron chi connectivity index (χ0n) is 12.1. The third-order valence-corrected chi connectivity index (χ3v) is 4.35. The van der Waals surface area contributed by atoms with Crippen LogP contribution in [-0.2, 0) is 0 Å². The molecule has 0 aliphatic heterocycles. The lowest BCUT2D eigenvalue weighted by Gasteiger charge is -2.36. The number of amides is 1. The summed E-state index contributed by atoms with van der Waals surface area (Å²) in [7, 11) is 1.88. The molecule has 1 aromatic rings. The summed E-state index contributed by atoms with van der Waals surface area (Å²) in [5.41, 5.74) is 9.30. The van der Waals surface area contributed by atoms with Gasteiger partial charge < -0.3 is 10.6 Å². The van der Waals surface area contributed by atoms with Crippen molar-refractivity contribution >= 4 is 5.91 Å². The van der Waals surface area contributed by atoms with Gasteiger partial charge in [-0.2, -0.15) is 0 Å². The molecule has 1 amide bonds. The molecule has 0 radical (unpaired) electrons. The lowest BCUT2D eigenvalue weighted by molar-refractivity contribution is 0.0672. The van der Waals surface area contributed by atoms with Gasteiger partial charge >= 0.3 is 0 Å². The summed E-state index contributed by atoms with van der Waals surface area (Å²) >= 11 is 0. The first-order chi connectivity index (χ1) is 9.00. The van der Waals surface area contributed by atoms with Gasteiger partial charge in [-0.1, -0.05) is 18.9 Å². The van der Waals surface area contributed by atoms with Crippen LogP contribution in [-0.4, -0.2) is 29.9 Å². The van der Waals surface area contributed by atoms with Gasteiger partial charge in [0.05, 0.1) is 0 Å². The molecule has 1 saturated carbocycles. The highest BCUT2D eigenvalue weighted by Gasteiger charge is 2.28. The monoisotopic (exact) mass is 260 g/mol. The Hall–Kier alpha value is -1.35. The molecule has 1 fully saturated rings. The van der Waals surface area contributed by atoms with Crippen molar-refractivity contribution in [3.63, 3.8) is 0 Å². The van der Waals surface area contributed by atoms with Gasteiger partial charge in [0.1, 0.15) is 0 Å². The predicted octanol–water partition coefficient (Wildman–Crippen LogP) is 2.65. The molecule has 19 heavy (non-hydrogen) atoms. The van der Waals surface area contributed by atoms with Crippen LogP contribution in [0, 0.1) is 13.8 Å². The Bertz CT molecular complexity index is 470. The van der Waals surface area contributed by atoms with Crippen molar-refractivity contribution in [1.29, 1.82) is 0 Å². The van der Waals surface area contributed by atoms with Crippen LogP contribution in [0.5, 0.6) is 0 Å². The van der Waals surface area contributed by atoms with Crippen molar-refractivity contribution in [2.75, 3.05) is 7.05 Å². The highest BCUT2D eigenvalue weighted by Crippen LogP contribution is 2.22. The maximum Gasteiger partial charge on any atom is 0.253 e. The topological polar surface area (TPSA) is 46.3 Å². The van der Waals surface area contributed by atoms with E-state index in [0.717, 1.165) is 24.0 Å². The molecule has 0 spiro atoms. The van der Waals surface area contributed by atoms with E-state index in [1.165, 1.54) is 18.4 Å². The lowest BCUT2D eigenvalue weighted by atomic mass is 9.89. The van der Waals surface area contributed by atoms with Crippen molar-refractivity contribution in [2.45, 2.75) is 51.6 Å². The summed E-state index contributed by atoms with van der Waals surface area (Å²) in [6, 6.07) is 6.20. The van der Waals surface area contributed by atoms with Crippen LogP contribution in [0.1, 0.15) is 47.2 Å². The second kappa shape index (κ2) is 5.74. The zero-order valence-corrected chi connectivity index (χ0v) is 12.1. The van der Waals surface area contributed by atoms with Crippen LogP contribution in [0.2, 0.25) is 0 Å². The van der Waals surface area contributed by atoms with Crippen LogP contribution in [0.15, 0.2) is 18.2 Å². The van der Waals surface area contributed by atoms with Crippen LogP contribution in [0.4, 0.5) is 0 Å². The number of benzene rings is 1. The van der Waals surface area contributed by atoms with Crippen LogP contribution < -0.4 is 5.73 Å². The molecule has 1 aliphatic rings. The number of likely N-dealkylation sites (N-methyl/N-ethyl adjacent to an activating group) is 1. The standard InChI is InChI=1S/C16H24N2O/c1-11-8-9-13(10-12(11)2)16(19)18(3)15-7-5-4-6-14(15)17/h8-10,14-15H,4-7,17H2,1-3H3. The minimum absolute atomic E-state index is 0.0884. The second-order valence-corrected chi connectivity index (χ2v) is 5.73. The fourth-order valence-corrected chi connectivity index (χ4v) is 2.85. The molecule has 3 nitrogen and oxygen atoms in total. The predicted molar refractivity (Wildman–Crippen MR) is 78.2 cm³/mol. The summed E-state index contributed by atoms with van der Waals surface area (Å²) in [6.45, 7) is 4.10. The van der Waals surface area contributed by atoms with Gasteiger partial charge in [-0.05, 0) is 49.9 Å². The van der Waals surface area contributed by atoms with E-state index < -0.39 is 0 Å². The summed E-state index contributed by atoms with van der Waals surface area (Å²) in [6.07, 6.45) is 4.40. The minimum Gasteiger partial charge on any atom is -0.337 e. The lowest BCUT2D eigenvalue weighted by Crippen LogP contribution is -2.50. The number of aryl methyl sites for hydroxylation is 2. The number of nitrogens with zero attached hydrogens (tertiary/aromatic N) is 1. The molecule has 2 unspecified atom stereocenters. The number of hydrogen-bond donors (Lipinski definition) is 1. The van der Waals surface area contributed by atoms with Crippen molar-refractivity contribution in [1.82, 2.24) is 4.90 Å². The first-order valence-electron chi connectivity index (χ1n) is 7.10. The van der Waals surface area contributed by atoms with E-state index in [1.807, 2.05) is 37.1 Å². The third kappa shape index (κ3) is 2.98. The fraction of sp³-hybridized carbons (Fsp3) is 0.562. The van der Waals surface area contributed by atoms with Gasteiger partial charge in [0.25, 0.3) is 5.91 Å². The molecule has 2 N–H and O–H groups in total. The molecule has 0 bridgehead atoms. The molecule has 2 rings (SSSR count). The van der Waals surface area contributed by atoms with Gasteiger partial charge in [0, 0.05) is 24.7 Å². The highest BCUT2D eigenvalue weighted by molar-refractivity contribution is 5.94. The Balaban J connectivity index is 2.15. The Morgan fingerprint density at radius 3 is 2.53 bits per heavy atom. The first-order valence-corrected chi connectivity index (χ1v) is 7.10. The maximum atomic E-state index is 12.5. The molecule has 1 aliphatic carbocycles. The molecule has 0 heterocycles. The van der Waals surface area contributed by atoms with E-state index in [9.17, 15) is 4.79 Å². The van der Waals surface area contributed by atoms with Crippen LogP contribution >= 0.6 is 0 Å². The largest absolute Gasteiger partial charge is 0.337 e. The van der Waals surface area contributed by atoms with Crippen molar-refractivity contribution in [2.24, 2.45) is 5.73 Å². The van der Waals surface area contributed by atoms with Gasteiger partial charge in [-0.25, -0.2) is 0 Å². The Labute approximate surface area is 115 Å². The number of rotatable bonds is 2. The molecule has 104 valence electrons. The molecule has 0 saturated heterocycles. The third-order valence-electron chi connectivity index (χ3n) is 4.35. The van der Waals surface area contributed by atoms with Gasteiger partial charge in [-0.3, -0.25) is 4.79 Å². The summed E-state index contributed by atoms with van der Waals surface area (Å²) in [5.74, 6) is 0.0884. The van der Waals surface area contributed by atoms with E-state index in [1.54, 1.807) is 0 Å². The summed E-state index contributed by atoms with van der Waals surface area (Å²) < 4.78 is 0. The summed E-state index contributed by atoms with van der Waals surface area (Å²) in [4.78, 5) is 14.4. The average Bonchev–Trinajstić information content (AvgIpc) is 2.41.